The van der Waals surface area contributed by atoms with E-state index in [2.05, 4.69) is 10.3 Å². The summed E-state index contributed by atoms with van der Waals surface area (Å²) in [5, 5.41) is 12.3. The maximum atomic E-state index is 15.1. The number of aromatic nitrogens is 2. The number of carboxylic acids is 1. The molecule has 0 aliphatic carbocycles. The van der Waals surface area contributed by atoms with Gasteiger partial charge in [0.15, 0.2) is 11.6 Å². The van der Waals surface area contributed by atoms with Gasteiger partial charge in [-0.2, -0.15) is 0 Å². The summed E-state index contributed by atoms with van der Waals surface area (Å²) in [6.45, 7) is 2.45. The van der Waals surface area contributed by atoms with Crippen molar-refractivity contribution in [1.82, 2.24) is 14.7 Å². The molecule has 198 valence electrons. The minimum Gasteiger partial charge on any atom is -0.477 e. The Morgan fingerprint density at radius 2 is 1.95 bits per heavy atom. The highest BCUT2D eigenvalue weighted by Crippen LogP contribution is 2.30. The quantitative estimate of drug-likeness (QED) is 0.421. The van der Waals surface area contributed by atoms with Gasteiger partial charge in [-0.05, 0) is 31.0 Å². The number of fused-ring (bicyclic) bond motifs is 1. The molecule has 1 aliphatic rings. The number of hydrogen-bond donors (Lipinski definition) is 3. The van der Waals surface area contributed by atoms with E-state index in [0.717, 1.165) is 30.8 Å². The summed E-state index contributed by atoms with van der Waals surface area (Å²) in [6, 6.07) is 2.64. The Balaban J connectivity index is 0.00000380. The lowest BCUT2D eigenvalue weighted by Crippen LogP contribution is -2.46. The number of anilines is 1. The smallest absolute Gasteiger partial charge is 0.341 e. The average molecular weight is 540 g/mol. The fraction of sp³-hybridized carbons (Fsp3) is 0.333. The number of hydrogen-bond acceptors (Lipinski definition) is 6. The number of benzene rings is 1. The molecule has 4 N–H and O–H groups in total. The summed E-state index contributed by atoms with van der Waals surface area (Å²) >= 11 is 0. The van der Waals surface area contributed by atoms with Crippen molar-refractivity contribution in [2.45, 2.75) is 38.3 Å². The van der Waals surface area contributed by atoms with E-state index in [4.69, 9.17) is 5.73 Å². The number of pyridine rings is 1. The van der Waals surface area contributed by atoms with Gasteiger partial charge in [0.05, 0.1) is 12.2 Å². The van der Waals surface area contributed by atoms with E-state index in [9.17, 15) is 28.3 Å². The standard InChI is InChI=1S/C24H24F3N5O4.ClH/c1-2-3-19(28)22(33)29-13-6-7-31(10-13)21-18(27)11-32-20(30-21)15(9-16(23(32)34)24(35)36)14-5-4-12(25)8-17(14)26;/h4-5,8-9,11,13,19H,2-3,6-7,10,28H2,1H3,(H,29,33)(H,35,36);1H/t13?,19-;/m0./s1. The topological polar surface area (TPSA) is 130 Å². The van der Waals surface area contributed by atoms with Crippen LogP contribution in [0.3, 0.4) is 0 Å². The number of carboxylic acid groups (broad SMARTS) is 1. The molecule has 0 spiro atoms. The van der Waals surface area contributed by atoms with Gasteiger partial charge in [0.2, 0.25) is 5.91 Å². The van der Waals surface area contributed by atoms with Gasteiger partial charge in [-0.1, -0.05) is 13.3 Å². The Hall–Kier alpha value is -3.64. The van der Waals surface area contributed by atoms with E-state index in [-0.39, 0.29) is 53.5 Å². The Labute approximate surface area is 215 Å². The van der Waals surface area contributed by atoms with Crippen molar-refractivity contribution in [3.8, 4) is 11.1 Å². The second-order valence-corrected chi connectivity index (χ2v) is 8.65. The van der Waals surface area contributed by atoms with Crippen molar-refractivity contribution in [3.63, 3.8) is 0 Å². The van der Waals surface area contributed by atoms with Crippen LogP contribution in [0.15, 0.2) is 35.3 Å². The van der Waals surface area contributed by atoms with Crippen molar-refractivity contribution < 1.29 is 27.9 Å². The molecule has 2 atom stereocenters. The van der Waals surface area contributed by atoms with Crippen LogP contribution in [0, 0.1) is 17.5 Å². The van der Waals surface area contributed by atoms with E-state index >= 15 is 4.39 Å². The van der Waals surface area contributed by atoms with E-state index in [0.29, 0.717) is 29.9 Å². The molecular weight excluding hydrogens is 515 g/mol. The molecule has 1 aliphatic heterocycles. The maximum Gasteiger partial charge on any atom is 0.341 e. The molecule has 1 fully saturated rings. The largest absolute Gasteiger partial charge is 0.477 e. The monoisotopic (exact) mass is 539 g/mol. The number of carbonyl (C=O) groups is 2. The first kappa shape index (κ1) is 27.9. The number of amides is 1. The first-order valence-corrected chi connectivity index (χ1v) is 11.4. The van der Waals surface area contributed by atoms with Crippen LogP contribution < -0.4 is 21.5 Å². The Kier molecular flexibility index (Phi) is 8.44. The van der Waals surface area contributed by atoms with Crippen LogP contribution in [-0.4, -0.2) is 51.5 Å². The van der Waals surface area contributed by atoms with Gasteiger partial charge in [-0.15, -0.1) is 12.4 Å². The molecule has 13 heteroatoms. The maximum absolute atomic E-state index is 15.1. The Bertz CT molecular complexity index is 1420. The van der Waals surface area contributed by atoms with Gasteiger partial charge >= 0.3 is 5.97 Å². The van der Waals surface area contributed by atoms with Crippen LogP contribution in [-0.2, 0) is 4.79 Å². The third-order valence-corrected chi connectivity index (χ3v) is 6.10. The minimum atomic E-state index is -1.60. The fourth-order valence-electron chi connectivity index (χ4n) is 4.29. The predicted octanol–water partition coefficient (Wildman–Crippen LogP) is 2.72. The predicted molar refractivity (Wildman–Crippen MR) is 133 cm³/mol. The van der Waals surface area contributed by atoms with Crippen LogP contribution in [0.4, 0.5) is 19.0 Å². The average Bonchev–Trinajstić information content (AvgIpc) is 3.28. The third-order valence-electron chi connectivity index (χ3n) is 6.10. The molecule has 37 heavy (non-hydrogen) atoms. The highest BCUT2D eigenvalue weighted by atomic mass is 35.5. The van der Waals surface area contributed by atoms with Gasteiger partial charge in [0, 0.05) is 36.3 Å². The zero-order valence-electron chi connectivity index (χ0n) is 19.7. The highest BCUT2D eigenvalue weighted by Gasteiger charge is 2.29. The summed E-state index contributed by atoms with van der Waals surface area (Å²) in [5.41, 5.74) is 3.53. The number of carbonyl (C=O) groups excluding carboxylic acids is 1. The Morgan fingerprint density at radius 3 is 2.59 bits per heavy atom. The number of nitrogens with one attached hydrogen (secondary N) is 1. The van der Waals surface area contributed by atoms with E-state index in [1.54, 1.807) is 4.90 Å². The lowest BCUT2D eigenvalue weighted by Gasteiger charge is -2.21. The first-order chi connectivity index (χ1) is 17.1. The molecule has 3 aromatic rings. The molecule has 1 aromatic carbocycles. The van der Waals surface area contributed by atoms with Crippen molar-refractivity contribution in [1.29, 1.82) is 0 Å². The Morgan fingerprint density at radius 1 is 1.22 bits per heavy atom. The second-order valence-electron chi connectivity index (χ2n) is 8.65. The molecule has 9 nitrogen and oxygen atoms in total. The van der Waals surface area contributed by atoms with Crippen molar-refractivity contribution in [2.75, 3.05) is 18.0 Å². The number of aromatic carboxylic acids is 1. The van der Waals surface area contributed by atoms with Gasteiger partial charge in [0.25, 0.3) is 5.56 Å². The molecule has 0 radical (unpaired) electrons. The van der Waals surface area contributed by atoms with E-state index in [1.807, 2.05) is 6.92 Å². The van der Waals surface area contributed by atoms with Crippen LogP contribution in [0.2, 0.25) is 0 Å². The van der Waals surface area contributed by atoms with Gasteiger partial charge < -0.3 is 21.1 Å². The van der Waals surface area contributed by atoms with Crippen LogP contribution in [0.1, 0.15) is 36.5 Å². The molecular formula is C24H25ClF3N5O4. The molecule has 0 bridgehead atoms. The summed E-state index contributed by atoms with van der Waals surface area (Å²) in [7, 11) is 0. The van der Waals surface area contributed by atoms with Gasteiger partial charge in [0.1, 0.15) is 22.8 Å². The van der Waals surface area contributed by atoms with Gasteiger partial charge in [-0.25, -0.2) is 22.9 Å². The summed E-state index contributed by atoms with van der Waals surface area (Å²) in [6.07, 6.45) is 2.55. The molecule has 1 saturated heterocycles. The van der Waals surface area contributed by atoms with Crippen molar-refractivity contribution >= 4 is 35.7 Å². The lowest BCUT2D eigenvalue weighted by atomic mass is 10.0. The SMILES string of the molecule is CCC[C@H](N)C(=O)NC1CCN(c2nc3c(-c4ccc(F)cc4F)cc(C(=O)O)c(=O)n3cc2F)C1.Cl. The molecule has 2 aromatic heterocycles. The highest BCUT2D eigenvalue weighted by molar-refractivity contribution is 5.91. The lowest BCUT2D eigenvalue weighted by molar-refractivity contribution is -0.123. The molecule has 1 amide bonds. The third kappa shape index (κ3) is 5.54. The summed E-state index contributed by atoms with van der Waals surface area (Å²) in [4.78, 5) is 42.4. The fourth-order valence-corrected chi connectivity index (χ4v) is 4.29. The van der Waals surface area contributed by atoms with Crippen LogP contribution in [0.25, 0.3) is 16.8 Å². The van der Waals surface area contributed by atoms with Crippen molar-refractivity contribution in [2.24, 2.45) is 5.73 Å². The number of rotatable bonds is 7. The van der Waals surface area contributed by atoms with Crippen LogP contribution >= 0.6 is 12.4 Å². The summed E-state index contributed by atoms with van der Waals surface area (Å²) in [5.74, 6) is -4.83. The zero-order valence-corrected chi connectivity index (χ0v) is 20.5. The molecule has 0 saturated carbocycles. The summed E-state index contributed by atoms with van der Waals surface area (Å²) < 4.78 is 43.9. The van der Waals surface area contributed by atoms with Crippen molar-refractivity contribution in [3.05, 3.63) is 63.8 Å². The number of halogens is 4. The first-order valence-electron chi connectivity index (χ1n) is 11.4. The van der Waals surface area contributed by atoms with Crippen LogP contribution in [0.5, 0.6) is 0 Å². The minimum absolute atomic E-state index is 0. The molecule has 4 rings (SSSR count). The normalized spacial score (nSPS) is 15.9. The second kappa shape index (κ2) is 11.2. The van der Waals surface area contributed by atoms with E-state index in [1.165, 1.54) is 0 Å². The number of nitrogens with zero attached hydrogens (tertiary/aromatic N) is 3. The van der Waals surface area contributed by atoms with E-state index < -0.39 is 40.6 Å². The molecule has 3 heterocycles. The number of nitrogens with two attached hydrogens (primary N) is 1. The van der Waals surface area contributed by atoms with Gasteiger partial charge in [-0.3, -0.25) is 14.0 Å². The molecule has 1 unspecified atom stereocenters. The zero-order chi connectivity index (χ0) is 26.1.